The fraction of sp³-hybridized carbons (Fsp3) is 0.133. The SMILES string of the molecule is CN1C(=O)C(c2ccc(F)c(-c3cccnc3F)c2)N=C1N. The van der Waals surface area contributed by atoms with Gasteiger partial charge < -0.3 is 5.73 Å². The van der Waals surface area contributed by atoms with Gasteiger partial charge >= 0.3 is 0 Å². The normalized spacial score (nSPS) is 17.8. The number of carbonyl (C=O) groups is 1. The lowest BCUT2D eigenvalue weighted by Crippen LogP contribution is -2.34. The molecule has 1 aromatic carbocycles. The Morgan fingerprint density at radius 3 is 2.64 bits per heavy atom. The van der Waals surface area contributed by atoms with Gasteiger partial charge in [-0.3, -0.25) is 9.69 Å². The Hall–Kier alpha value is -2.83. The summed E-state index contributed by atoms with van der Waals surface area (Å²) in [5.41, 5.74) is 6.10. The maximum absolute atomic E-state index is 14.0. The summed E-state index contributed by atoms with van der Waals surface area (Å²) in [6, 6.07) is 6.09. The molecule has 7 heteroatoms. The van der Waals surface area contributed by atoms with E-state index in [4.69, 9.17) is 5.73 Å². The highest BCUT2D eigenvalue weighted by molar-refractivity contribution is 6.04. The van der Waals surface area contributed by atoms with Gasteiger partial charge in [-0.15, -0.1) is 0 Å². The Kier molecular flexibility index (Phi) is 3.32. The largest absolute Gasteiger partial charge is 0.369 e. The van der Waals surface area contributed by atoms with Crippen LogP contribution in [0.25, 0.3) is 11.1 Å². The molecule has 1 atom stereocenters. The van der Waals surface area contributed by atoms with Crippen LogP contribution in [0.3, 0.4) is 0 Å². The standard InChI is InChI=1S/C15H12F2N4O/c1-21-14(22)12(20-15(21)18)8-4-5-11(16)10(7-8)9-3-2-6-19-13(9)17/h2-7,12H,1H3,(H2,18,20). The molecule has 0 spiro atoms. The minimum Gasteiger partial charge on any atom is -0.369 e. The van der Waals surface area contributed by atoms with Crippen molar-refractivity contribution in [1.29, 1.82) is 0 Å². The third-order valence-corrected chi connectivity index (χ3v) is 3.52. The molecule has 0 fully saturated rings. The first-order chi connectivity index (χ1) is 10.5. The fourth-order valence-corrected chi connectivity index (χ4v) is 2.29. The van der Waals surface area contributed by atoms with Gasteiger partial charge in [-0.05, 0) is 29.8 Å². The number of aromatic nitrogens is 1. The quantitative estimate of drug-likeness (QED) is 0.861. The molecule has 0 aliphatic carbocycles. The number of benzene rings is 1. The summed E-state index contributed by atoms with van der Waals surface area (Å²) in [4.78, 5) is 20.8. The predicted octanol–water partition coefficient (Wildman–Crippen LogP) is 1.85. The number of carbonyl (C=O) groups excluding carboxylic acids is 1. The molecule has 1 aliphatic heterocycles. The van der Waals surface area contributed by atoms with Crippen molar-refractivity contribution in [2.75, 3.05) is 7.05 Å². The summed E-state index contributed by atoms with van der Waals surface area (Å²) in [6.45, 7) is 0. The molecule has 0 saturated heterocycles. The smallest absolute Gasteiger partial charge is 0.258 e. The molecule has 0 saturated carbocycles. The Morgan fingerprint density at radius 2 is 2.00 bits per heavy atom. The van der Waals surface area contributed by atoms with Crippen molar-refractivity contribution in [2.24, 2.45) is 10.7 Å². The van der Waals surface area contributed by atoms with E-state index in [2.05, 4.69) is 9.98 Å². The van der Waals surface area contributed by atoms with Gasteiger partial charge in [0, 0.05) is 24.4 Å². The molecular weight excluding hydrogens is 290 g/mol. The summed E-state index contributed by atoms with van der Waals surface area (Å²) in [7, 11) is 1.51. The number of nitrogens with zero attached hydrogens (tertiary/aromatic N) is 3. The number of guanidine groups is 1. The summed E-state index contributed by atoms with van der Waals surface area (Å²) >= 11 is 0. The molecule has 2 heterocycles. The average Bonchev–Trinajstić information content (AvgIpc) is 2.76. The molecule has 2 aromatic rings. The maximum atomic E-state index is 14.0. The number of pyridine rings is 1. The minimum absolute atomic E-state index is 0.0256. The van der Waals surface area contributed by atoms with Gasteiger partial charge in [0.1, 0.15) is 5.82 Å². The Labute approximate surface area is 125 Å². The molecule has 1 aliphatic rings. The molecule has 0 radical (unpaired) electrons. The second-order valence-corrected chi connectivity index (χ2v) is 4.87. The van der Waals surface area contributed by atoms with Crippen molar-refractivity contribution in [3.05, 3.63) is 53.9 Å². The third kappa shape index (κ3) is 2.20. The maximum Gasteiger partial charge on any atom is 0.258 e. The number of aliphatic imine (C=N–C) groups is 1. The van der Waals surface area contributed by atoms with Crippen molar-refractivity contribution < 1.29 is 13.6 Å². The predicted molar refractivity (Wildman–Crippen MR) is 76.7 cm³/mol. The number of amides is 1. The van der Waals surface area contributed by atoms with Crippen molar-refractivity contribution in [1.82, 2.24) is 9.88 Å². The van der Waals surface area contributed by atoms with E-state index in [1.807, 2.05) is 0 Å². The van der Waals surface area contributed by atoms with Gasteiger partial charge in [-0.2, -0.15) is 4.39 Å². The van der Waals surface area contributed by atoms with Gasteiger partial charge in [0.25, 0.3) is 5.91 Å². The van der Waals surface area contributed by atoms with E-state index in [0.717, 1.165) is 0 Å². The van der Waals surface area contributed by atoms with Crippen LogP contribution < -0.4 is 5.73 Å². The van der Waals surface area contributed by atoms with E-state index in [1.54, 1.807) is 0 Å². The van der Waals surface area contributed by atoms with E-state index in [1.165, 1.54) is 48.5 Å². The number of hydrogen-bond acceptors (Lipinski definition) is 4. The molecule has 1 aromatic heterocycles. The highest BCUT2D eigenvalue weighted by Crippen LogP contribution is 2.31. The van der Waals surface area contributed by atoms with E-state index in [-0.39, 0.29) is 23.0 Å². The highest BCUT2D eigenvalue weighted by Gasteiger charge is 2.32. The Bertz CT molecular complexity index is 791. The fourth-order valence-electron chi connectivity index (χ4n) is 2.29. The van der Waals surface area contributed by atoms with Crippen LogP contribution in [0.5, 0.6) is 0 Å². The molecule has 22 heavy (non-hydrogen) atoms. The number of halogens is 2. The molecular formula is C15H12F2N4O. The zero-order chi connectivity index (χ0) is 15.9. The second-order valence-electron chi connectivity index (χ2n) is 4.87. The van der Waals surface area contributed by atoms with Gasteiger partial charge in [0.15, 0.2) is 12.0 Å². The minimum atomic E-state index is -0.843. The van der Waals surface area contributed by atoms with Crippen molar-refractivity contribution in [3.63, 3.8) is 0 Å². The number of rotatable bonds is 2. The van der Waals surface area contributed by atoms with Gasteiger partial charge in [0.2, 0.25) is 5.95 Å². The zero-order valence-electron chi connectivity index (χ0n) is 11.6. The van der Waals surface area contributed by atoms with Crippen molar-refractivity contribution >= 4 is 11.9 Å². The van der Waals surface area contributed by atoms with Crippen LogP contribution in [-0.2, 0) is 4.79 Å². The van der Waals surface area contributed by atoms with E-state index in [0.29, 0.717) is 5.56 Å². The van der Waals surface area contributed by atoms with E-state index in [9.17, 15) is 13.6 Å². The molecule has 3 rings (SSSR count). The lowest BCUT2D eigenvalue weighted by molar-refractivity contribution is -0.126. The lowest BCUT2D eigenvalue weighted by Gasteiger charge is -2.12. The second kappa shape index (κ2) is 5.18. The van der Waals surface area contributed by atoms with Crippen LogP contribution in [0, 0.1) is 11.8 Å². The first-order valence-corrected chi connectivity index (χ1v) is 6.50. The van der Waals surface area contributed by atoms with Crippen LogP contribution in [0.4, 0.5) is 8.78 Å². The third-order valence-electron chi connectivity index (χ3n) is 3.52. The monoisotopic (exact) mass is 302 g/mol. The number of likely N-dealkylation sites (N-methyl/N-ethyl adjacent to an activating group) is 1. The highest BCUT2D eigenvalue weighted by atomic mass is 19.1. The molecule has 112 valence electrons. The van der Waals surface area contributed by atoms with Gasteiger partial charge in [0.05, 0.1) is 0 Å². The molecule has 2 N–H and O–H groups in total. The van der Waals surface area contributed by atoms with E-state index < -0.39 is 17.8 Å². The summed E-state index contributed by atoms with van der Waals surface area (Å²) in [5.74, 6) is -1.61. The zero-order valence-corrected chi connectivity index (χ0v) is 11.6. The first-order valence-electron chi connectivity index (χ1n) is 6.50. The number of hydrogen-bond donors (Lipinski definition) is 1. The van der Waals surface area contributed by atoms with Crippen molar-refractivity contribution in [3.8, 4) is 11.1 Å². The first kappa shape index (κ1) is 14.1. The topological polar surface area (TPSA) is 71.6 Å². The summed E-state index contributed by atoms with van der Waals surface area (Å²) < 4.78 is 27.8. The van der Waals surface area contributed by atoms with E-state index >= 15 is 0 Å². The van der Waals surface area contributed by atoms with Gasteiger partial charge in [-0.25, -0.2) is 14.4 Å². The van der Waals surface area contributed by atoms with Crippen LogP contribution in [0.15, 0.2) is 41.5 Å². The van der Waals surface area contributed by atoms with Crippen LogP contribution in [0.1, 0.15) is 11.6 Å². The van der Waals surface area contributed by atoms with Crippen LogP contribution >= 0.6 is 0 Å². The molecule has 0 bridgehead atoms. The van der Waals surface area contributed by atoms with Crippen LogP contribution in [0.2, 0.25) is 0 Å². The summed E-state index contributed by atoms with van der Waals surface area (Å²) in [5, 5.41) is 0. The summed E-state index contributed by atoms with van der Waals surface area (Å²) in [6.07, 6.45) is 1.28. The molecule has 5 nitrogen and oxygen atoms in total. The van der Waals surface area contributed by atoms with Crippen molar-refractivity contribution in [2.45, 2.75) is 6.04 Å². The molecule has 1 amide bonds. The Balaban J connectivity index is 2.09. The molecule has 1 unspecified atom stereocenters. The number of nitrogens with two attached hydrogens (primary N) is 1. The van der Waals surface area contributed by atoms with Crippen LogP contribution in [-0.4, -0.2) is 28.8 Å². The average molecular weight is 302 g/mol. The lowest BCUT2D eigenvalue weighted by atomic mass is 9.99. The Morgan fingerprint density at radius 1 is 1.23 bits per heavy atom. The van der Waals surface area contributed by atoms with Gasteiger partial charge in [-0.1, -0.05) is 6.07 Å².